The summed E-state index contributed by atoms with van der Waals surface area (Å²) >= 11 is 1.64. The number of aromatic hydroxyl groups is 1. The van der Waals surface area contributed by atoms with Crippen molar-refractivity contribution in [2.75, 3.05) is 6.54 Å². The number of fused-ring (bicyclic) bond motifs is 2. The topological polar surface area (TPSA) is 95.0 Å². The molecule has 0 radical (unpaired) electrons. The number of nitrogens with one attached hydrogen (secondary N) is 1. The summed E-state index contributed by atoms with van der Waals surface area (Å²) < 4.78 is 0. The van der Waals surface area contributed by atoms with Crippen LogP contribution < -0.4 is 0 Å². The Hall–Kier alpha value is -4.30. The molecule has 6 rings (SSSR count). The quantitative estimate of drug-likeness (QED) is 0.376. The number of amides is 1. The van der Waals surface area contributed by atoms with E-state index >= 15 is 0 Å². The van der Waals surface area contributed by atoms with Crippen molar-refractivity contribution in [3.8, 4) is 27.4 Å². The molecule has 0 spiro atoms. The van der Waals surface area contributed by atoms with Crippen LogP contribution in [0.4, 0.5) is 0 Å². The first-order chi connectivity index (χ1) is 16.6. The summed E-state index contributed by atoms with van der Waals surface area (Å²) in [6.07, 6.45) is 3.11. The Labute approximate surface area is 199 Å². The highest BCUT2D eigenvalue weighted by molar-refractivity contribution is 7.13. The molecule has 0 aliphatic carbocycles. The molecule has 2 aromatic carbocycles. The largest absolute Gasteiger partial charge is 0.507 e. The van der Waals surface area contributed by atoms with Crippen LogP contribution in [0.5, 0.6) is 5.75 Å². The molecule has 166 valence electrons. The number of aromatic amines is 1. The second kappa shape index (κ2) is 7.93. The van der Waals surface area contributed by atoms with Crippen LogP contribution >= 0.6 is 11.3 Å². The highest BCUT2D eigenvalue weighted by Gasteiger charge is 2.33. The minimum atomic E-state index is -0.215. The van der Waals surface area contributed by atoms with Gasteiger partial charge in [0.05, 0.1) is 21.7 Å². The number of carbonyl (C=O) groups excluding carboxylic acids is 1. The smallest absolute Gasteiger partial charge is 0.258 e. The molecule has 8 heteroatoms. The predicted octanol–water partition coefficient (Wildman–Crippen LogP) is 5.12. The van der Waals surface area contributed by atoms with Crippen LogP contribution in [0.2, 0.25) is 0 Å². The van der Waals surface area contributed by atoms with Crippen molar-refractivity contribution >= 4 is 33.7 Å². The Morgan fingerprint density at radius 2 is 2.12 bits per heavy atom. The van der Waals surface area contributed by atoms with Gasteiger partial charge in [0, 0.05) is 24.7 Å². The van der Waals surface area contributed by atoms with Gasteiger partial charge in [-0.25, -0.2) is 9.97 Å². The standard InChI is InChI=1S/C26H19N5O2S/c1-15(20-8-9-27-14-28-20)12-31-13-19-17(5-7-22(32)24(19)26(31)33)16-4-6-21-18(11-16)25(30-29-21)23-3-2-10-34-23/h2-11,14,32H,1,12-13H2,(H,29,30). The van der Waals surface area contributed by atoms with E-state index in [4.69, 9.17) is 0 Å². The lowest BCUT2D eigenvalue weighted by molar-refractivity contribution is 0.0797. The van der Waals surface area contributed by atoms with Crippen molar-refractivity contribution in [1.82, 2.24) is 25.1 Å². The molecule has 5 aromatic rings. The fourth-order valence-electron chi connectivity index (χ4n) is 4.45. The number of phenolic OH excluding ortho intramolecular Hbond substituents is 1. The van der Waals surface area contributed by atoms with Crippen LogP contribution in [0, 0.1) is 0 Å². The molecule has 0 bridgehead atoms. The zero-order valence-electron chi connectivity index (χ0n) is 18.0. The van der Waals surface area contributed by atoms with E-state index in [2.05, 4.69) is 32.8 Å². The van der Waals surface area contributed by atoms with Crippen LogP contribution in [0.15, 0.2) is 73.0 Å². The van der Waals surface area contributed by atoms with Crippen LogP contribution in [0.25, 0.3) is 38.2 Å². The van der Waals surface area contributed by atoms with Crippen LogP contribution in [0.1, 0.15) is 21.6 Å². The fraction of sp³-hybridized carbons (Fsp3) is 0.0769. The molecule has 4 heterocycles. The second-order valence-corrected chi connectivity index (χ2v) is 9.10. The summed E-state index contributed by atoms with van der Waals surface area (Å²) in [5, 5.41) is 21.2. The summed E-state index contributed by atoms with van der Waals surface area (Å²) in [6.45, 7) is 4.79. The van der Waals surface area contributed by atoms with Crippen molar-refractivity contribution < 1.29 is 9.90 Å². The van der Waals surface area contributed by atoms with Crippen LogP contribution in [-0.4, -0.2) is 42.6 Å². The molecule has 7 nitrogen and oxygen atoms in total. The number of hydrogen-bond acceptors (Lipinski definition) is 6. The average Bonchev–Trinajstić information content (AvgIpc) is 3.59. The molecule has 0 atom stereocenters. The summed E-state index contributed by atoms with van der Waals surface area (Å²) in [5.74, 6) is -0.226. The van der Waals surface area contributed by atoms with Gasteiger partial charge in [-0.2, -0.15) is 5.10 Å². The van der Waals surface area contributed by atoms with Crippen molar-refractivity contribution in [3.63, 3.8) is 0 Å². The van der Waals surface area contributed by atoms with Gasteiger partial charge in [-0.3, -0.25) is 9.89 Å². The van der Waals surface area contributed by atoms with Crippen LogP contribution in [0.3, 0.4) is 0 Å². The molecule has 1 amide bonds. The average molecular weight is 466 g/mol. The molecule has 0 fully saturated rings. The Balaban J connectivity index is 1.39. The van der Waals surface area contributed by atoms with Crippen LogP contribution in [-0.2, 0) is 6.54 Å². The Morgan fingerprint density at radius 1 is 1.21 bits per heavy atom. The minimum Gasteiger partial charge on any atom is -0.507 e. The monoisotopic (exact) mass is 465 g/mol. The molecule has 2 N–H and O–H groups in total. The molecule has 0 saturated carbocycles. The first-order valence-electron chi connectivity index (χ1n) is 10.7. The van der Waals surface area contributed by atoms with Gasteiger partial charge in [0.1, 0.15) is 17.8 Å². The van der Waals surface area contributed by atoms with Gasteiger partial charge in [-0.05, 0) is 58.0 Å². The maximum Gasteiger partial charge on any atom is 0.258 e. The molecule has 0 unspecified atom stereocenters. The molecule has 0 saturated heterocycles. The number of carbonyl (C=O) groups is 1. The first-order valence-corrected chi connectivity index (χ1v) is 11.6. The number of nitrogens with zero attached hydrogens (tertiary/aromatic N) is 4. The van der Waals surface area contributed by atoms with Crippen molar-refractivity contribution in [3.05, 3.63) is 89.8 Å². The third-order valence-corrected chi connectivity index (χ3v) is 6.97. The lowest BCUT2D eigenvalue weighted by Crippen LogP contribution is -2.25. The molecule has 3 aromatic heterocycles. The van der Waals surface area contributed by atoms with E-state index in [0.29, 0.717) is 29.9 Å². The summed E-state index contributed by atoms with van der Waals surface area (Å²) in [6, 6.07) is 15.4. The Bertz CT molecular complexity index is 1560. The number of phenols is 1. The maximum absolute atomic E-state index is 13.2. The van der Waals surface area contributed by atoms with Gasteiger partial charge in [-0.1, -0.05) is 24.8 Å². The lowest BCUT2D eigenvalue weighted by atomic mass is 9.95. The zero-order chi connectivity index (χ0) is 23.2. The van der Waals surface area contributed by atoms with E-state index in [0.717, 1.165) is 38.2 Å². The van der Waals surface area contributed by atoms with E-state index in [1.807, 2.05) is 35.7 Å². The highest BCUT2D eigenvalue weighted by atomic mass is 32.1. The van der Waals surface area contributed by atoms with Gasteiger partial charge >= 0.3 is 0 Å². The molecule has 34 heavy (non-hydrogen) atoms. The first kappa shape index (κ1) is 20.3. The van der Waals surface area contributed by atoms with E-state index in [1.165, 1.54) is 6.33 Å². The molecular weight excluding hydrogens is 446 g/mol. The number of rotatable bonds is 5. The summed E-state index contributed by atoms with van der Waals surface area (Å²) in [7, 11) is 0. The molecular formula is C26H19N5O2S. The van der Waals surface area contributed by atoms with Crippen molar-refractivity contribution in [1.29, 1.82) is 0 Å². The van der Waals surface area contributed by atoms with E-state index in [-0.39, 0.29) is 11.7 Å². The fourth-order valence-corrected chi connectivity index (χ4v) is 5.18. The number of H-pyrrole nitrogens is 1. The van der Waals surface area contributed by atoms with Crippen molar-refractivity contribution in [2.45, 2.75) is 6.54 Å². The maximum atomic E-state index is 13.2. The third-order valence-electron chi connectivity index (χ3n) is 6.10. The Morgan fingerprint density at radius 3 is 2.91 bits per heavy atom. The number of hydrogen-bond donors (Lipinski definition) is 2. The van der Waals surface area contributed by atoms with Gasteiger partial charge < -0.3 is 10.0 Å². The number of aromatic nitrogens is 4. The minimum absolute atomic E-state index is 0.0115. The summed E-state index contributed by atoms with van der Waals surface area (Å²) in [5.41, 5.74) is 6.28. The molecule has 1 aliphatic rings. The zero-order valence-corrected chi connectivity index (χ0v) is 18.8. The highest BCUT2D eigenvalue weighted by Crippen LogP contribution is 2.40. The lowest BCUT2D eigenvalue weighted by Gasteiger charge is -2.17. The number of thiophene rings is 1. The normalized spacial score (nSPS) is 12.9. The van der Waals surface area contributed by atoms with Gasteiger partial charge in [0.2, 0.25) is 0 Å². The van der Waals surface area contributed by atoms with E-state index in [1.54, 1.807) is 34.6 Å². The molecule has 1 aliphatic heterocycles. The van der Waals surface area contributed by atoms with Gasteiger partial charge in [0.15, 0.2) is 0 Å². The summed E-state index contributed by atoms with van der Waals surface area (Å²) in [4.78, 5) is 24.2. The predicted molar refractivity (Wildman–Crippen MR) is 132 cm³/mol. The van der Waals surface area contributed by atoms with Crippen molar-refractivity contribution in [2.24, 2.45) is 0 Å². The third kappa shape index (κ3) is 3.27. The van der Waals surface area contributed by atoms with E-state index < -0.39 is 0 Å². The SMILES string of the molecule is C=C(CN1Cc2c(-c3ccc4[nH]nc(-c5cccs5)c4c3)ccc(O)c2C1=O)c1ccncn1. The van der Waals surface area contributed by atoms with Gasteiger partial charge in [-0.15, -0.1) is 11.3 Å². The Kier molecular flexibility index (Phi) is 4.74. The van der Waals surface area contributed by atoms with E-state index in [9.17, 15) is 9.90 Å². The second-order valence-electron chi connectivity index (χ2n) is 8.16. The number of benzene rings is 2. The van der Waals surface area contributed by atoms with Gasteiger partial charge in [0.25, 0.3) is 5.91 Å².